The molecule has 0 aromatic heterocycles. The van der Waals surface area contributed by atoms with Crippen molar-refractivity contribution in [1.82, 2.24) is 9.80 Å². The van der Waals surface area contributed by atoms with E-state index in [-0.39, 0.29) is 0 Å². The molecule has 1 rings (SSSR count). The molecule has 0 N–H and O–H groups in total. The van der Waals surface area contributed by atoms with Crippen LogP contribution in [0.25, 0.3) is 0 Å². The summed E-state index contributed by atoms with van der Waals surface area (Å²) in [5.74, 6) is 0. The molecule has 0 aliphatic rings. The van der Waals surface area contributed by atoms with Gasteiger partial charge in [0.1, 0.15) is 0 Å². The van der Waals surface area contributed by atoms with E-state index in [9.17, 15) is 0 Å². The zero-order valence-electron chi connectivity index (χ0n) is 10.3. The monoisotopic (exact) mass is 218 g/mol. The minimum absolute atomic E-state index is 0.928. The molecule has 0 aliphatic heterocycles. The highest BCUT2D eigenvalue weighted by atomic mass is 15.1. The second-order valence-corrected chi connectivity index (χ2v) is 3.93. The Hall–Kier alpha value is -1.84. The second kappa shape index (κ2) is 5.90. The Balaban J connectivity index is 2.68. The minimum Gasteiger partial charge on any atom is -0.369 e. The van der Waals surface area contributed by atoms with Gasteiger partial charge < -0.3 is 9.80 Å². The Morgan fingerprint density at radius 3 is 1.31 bits per heavy atom. The molecule has 0 saturated carbocycles. The van der Waals surface area contributed by atoms with Gasteiger partial charge in [0.05, 0.1) is 24.1 Å². The molecule has 1 aromatic rings. The van der Waals surface area contributed by atoms with Crippen molar-refractivity contribution in [3.05, 3.63) is 24.3 Å². The topological polar surface area (TPSA) is 31.2 Å². The fraction of sp³-hybridized carbons (Fsp3) is 0.333. The first-order chi connectivity index (χ1) is 7.58. The van der Waals surface area contributed by atoms with E-state index in [4.69, 9.17) is 0 Å². The highest BCUT2D eigenvalue weighted by molar-refractivity contribution is 5.64. The summed E-state index contributed by atoms with van der Waals surface area (Å²) in [7, 11) is 7.77. The van der Waals surface area contributed by atoms with Gasteiger partial charge in [-0.25, -0.2) is 9.98 Å². The van der Waals surface area contributed by atoms with Crippen molar-refractivity contribution in [1.29, 1.82) is 0 Å². The van der Waals surface area contributed by atoms with E-state index in [0.29, 0.717) is 0 Å². The largest absolute Gasteiger partial charge is 0.369 e. The molecule has 0 spiro atoms. The molecule has 0 atom stereocenters. The molecule has 0 heterocycles. The van der Waals surface area contributed by atoms with Crippen molar-refractivity contribution < 1.29 is 0 Å². The van der Waals surface area contributed by atoms with Crippen molar-refractivity contribution in [2.24, 2.45) is 9.98 Å². The molecule has 16 heavy (non-hydrogen) atoms. The van der Waals surface area contributed by atoms with E-state index >= 15 is 0 Å². The zero-order chi connectivity index (χ0) is 12.0. The number of hydrogen-bond acceptors (Lipinski definition) is 2. The van der Waals surface area contributed by atoms with Gasteiger partial charge in [0, 0.05) is 28.2 Å². The lowest BCUT2D eigenvalue weighted by Crippen LogP contribution is -2.07. The number of aliphatic imine (C=N–C) groups is 2. The van der Waals surface area contributed by atoms with Crippen LogP contribution in [-0.2, 0) is 0 Å². The number of nitrogens with zero attached hydrogens (tertiary/aromatic N) is 4. The van der Waals surface area contributed by atoms with Crippen LogP contribution in [0.5, 0.6) is 0 Å². The predicted octanol–water partition coefficient (Wildman–Crippen LogP) is 2.13. The zero-order valence-corrected chi connectivity index (χ0v) is 10.3. The molecule has 4 nitrogen and oxygen atoms in total. The van der Waals surface area contributed by atoms with E-state index in [1.165, 1.54) is 0 Å². The minimum atomic E-state index is 0.928. The van der Waals surface area contributed by atoms with Crippen LogP contribution in [0.3, 0.4) is 0 Å². The Kier molecular flexibility index (Phi) is 4.51. The molecule has 0 aliphatic carbocycles. The standard InChI is InChI=1S/C12H18N4/c1-15(2)9-13-11-5-7-12(8-6-11)14-10-16(3)4/h5-10H,1-4H3. The molecule has 0 amide bonds. The molecule has 4 heteroatoms. The van der Waals surface area contributed by atoms with Gasteiger partial charge in [-0.2, -0.15) is 0 Å². The Morgan fingerprint density at radius 2 is 1.06 bits per heavy atom. The van der Waals surface area contributed by atoms with Crippen molar-refractivity contribution >= 4 is 24.1 Å². The average Bonchev–Trinajstić information content (AvgIpc) is 2.25. The van der Waals surface area contributed by atoms with Gasteiger partial charge >= 0.3 is 0 Å². The summed E-state index contributed by atoms with van der Waals surface area (Å²) < 4.78 is 0. The second-order valence-electron chi connectivity index (χ2n) is 3.93. The SMILES string of the molecule is CN(C)C=Nc1ccc(N=CN(C)C)cc1. The van der Waals surface area contributed by atoms with Gasteiger partial charge in [-0.15, -0.1) is 0 Å². The van der Waals surface area contributed by atoms with Crippen molar-refractivity contribution in [3.8, 4) is 0 Å². The van der Waals surface area contributed by atoms with E-state index < -0.39 is 0 Å². The highest BCUT2D eigenvalue weighted by Gasteiger charge is 1.90. The lowest BCUT2D eigenvalue weighted by atomic mass is 10.3. The molecule has 0 fully saturated rings. The summed E-state index contributed by atoms with van der Waals surface area (Å²) in [6, 6.07) is 7.79. The Morgan fingerprint density at radius 1 is 0.750 bits per heavy atom. The van der Waals surface area contributed by atoms with Crippen LogP contribution in [0, 0.1) is 0 Å². The third-order valence-corrected chi connectivity index (χ3v) is 1.73. The van der Waals surface area contributed by atoms with Gasteiger partial charge in [-0.1, -0.05) is 0 Å². The molecule has 86 valence electrons. The van der Waals surface area contributed by atoms with Gasteiger partial charge in [0.25, 0.3) is 0 Å². The van der Waals surface area contributed by atoms with E-state index in [2.05, 4.69) is 9.98 Å². The quantitative estimate of drug-likeness (QED) is 0.572. The third kappa shape index (κ3) is 4.59. The summed E-state index contributed by atoms with van der Waals surface area (Å²) in [6.45, 7) is 0. The van der Waals surface area contributed by atoms with Gasteiger partial charge in [0.2, 0.25) is 0 Å². The van der Waals surface area contributed by atoms with Gasteiger partial charge in [-0.05, 0) is 24.3 Å². The van der Waals surface area contributed by atoms with Crippen LogP contribution in [0.15, 0.2) is 34.3 Å². The first-order valence-corrected chi connectivity index (χ1v) is 5.09. The molecule has 0 radical (unpaired) electrons. The van der Waals surface area contributed by atoms with Crippen LogP contribution < -0.4 is 0 Å². The fourth-order valence-corrected chi connectivity index (χ4v) is 0.989. The lowest BCUT2D eigenvalue weighted by Gasteiger charge is -2.03. The molecular weight excluding hydrogens is 200 g/mol. The molecule has 0 bridgehead atoms. The van der Waals surface area contributed by atoms with Crippen LogP contribution in [0.1, 0.15) is 0 Å². The summed E-state index contributed by atoms with van der Waals surface area (Å²) in [4.78, 5) is 12.4. The van der Waals surface area contributed by atoms with Gasteiger partial charge in [0.15, 0.2) is 0 Å². The maximum absolute atomic E-state index is 4.28. The fourth-order valence-electron chi connectivity index (χ4n) is 0.989. The first kappa shape index (κ1) is 12.2. The predicted molar refractivity (Wildman–Crippen MR) is 70.1 cm³/mol. The summed E-state index contributed by atoms with van der Waals surface area (Å²) in [5.41, 5.74) is 1.86. The Labute approximate surface area is 96.9 Å². The van der Waals surface area contributed by atoms with Crippen LogP contribution in [0.4, 0.5) is 11.4 Å². The molecule has 1 aromatic carbocycles. The molecule has 0 saturated heterocycles. The van der Waals surface area contributed by atoms with Crippen LogP contribution in [0.2, 0.25) is 0 Å². The maximum atomic E-state index is 4.28. The molecular formula is C12H18N4. The van der Waals surface area contributed by atoms with E-state index in [1.807, 2.05) is 62.3 Å². The Bertz CT molecular complexity index is 326. The lowest BCUT2D eigenvalue weighted by molar-refractivity contribution is 0.643. The van der Waals surface area contributed by atoms with Crippen molar-refractivity contribution in [2.45, 2.75) is 0 Å². The van der Waals surface area contributed by atoms with E-state index in [1.54, 1.807) is 12.7 Å². The average molecular weight is 218 g/mol. The maximum Gasteiger partial charge on any atom is 0.0907 e. The summed E-state index contributed by atoms with van der Waals surface area (Å²) in [5, 5.41) is 0. The highest BCUT2D eigenvalue weighted by Crippen LogP contribution is 2.17. The van der Waals surface area contributed by atoms with Crippen LogP contribution in [-0.4, -0.2) is 50.7 Å². The smallest absolute Gasteiger partial charge is 0.0907 e. The summed E-state index contributed by atoms with van der Waals surface area (Å²) >= 11 is 0. The van der Waals surface area contributed by atoms with Crippen LogP contribution >= 0.6 is 0 Å². The third-order valence-electron chi connectivity index (χ3n) is 1.73. The van der Waals surface area contributed by atoms with Gasteiger partial charge in [-0.3, -0.25) is 0 Å². The number of rotatable bonds is 4. The normalized spacial score (nSPS) is 11.2. The number of hydrogen-bond donors (Lipinski definition) is 0. The first-order valence-electron chi connectivity index (χ1n) is 5.09. The van der Waals surface area contributed by atoms with Crippen molar-refractivity contribution in [2.75, 3.05) is 28.2 Å². The molecule has 0 unspecified atom stereocenters. The number of benzene rings is 1. The van der Waals surface area contributed by atoms with E-state index in [0.717, 1.165) is 11.4 Å². The van der Waals surface area contributed by atoms with Crippen molar-refractivity contribution in [3.63, 3.8) is 0 Å². The summed E-state index contributed by atoms with van der Waals surface area (Å²) in [6.07, 6.45) is 3.55.